The van der Waals surface area contributed by atoms with Crippen molar-refractivity contribution < 1.29 is 79.2 Å². The quantitative estimate of drug-likeness (QED) is 0.129. The molecule has 0 saturated carbocycles. The summed E-state index contributed by atoms with van der Waals surface area (Å²) in [6.45, 7) is 0.552. The summed E-state index contributed by atoms with van der Waals surface area (Å²) in [5.74, 6) is -4.09. The van der Waals surface area contributed by atoms with E-state index in [0.717, 1.165) is 6.07 Å². The molecule has 17 heteroatoms. The SMILES string of the molecule is COc1cc(-c2oc3c(O)c(O[C@@H]4O[C@@H](CO)[C@H](O)[C@@H](O)[C@@H]4O[C@H]4O[C@H](C)[C@H](O)[C@@H](O)[C@@H]4O)cc(O)c3c(=O)c2O)ccc1O. The van der Waals surface area contributed by atoms with E-state index in [1.165, 1.54) is 32.2 Å². The fourth-order valence-corrected chi connectivity index (χ4v) is 5.11. The Morgan fingerprint density at radius 2 is 1.51 bits per heavy atom. The van der Waals surface area contributed by atoms with Gasteiger partial charge in [-0.25, -0.2) is 0 Å². The Labute approximate surface area is 252 Å². The number of ether oxygens (including phenoxy) is 5. The maximum Gasteiger partial charge on any atom is 0.238 e. The first-order valence-corrected chi connectivity index (χ1v) is 13.5. The van der Waals surface area contributed by atoms with Crippen molar-refractivity contribution in [2.45, 2.75) is 68.3 Å². The molecular formula is C28H32O17. The van der Waals surface area contributed by atoms with Gasteiger partial charge in [0.25, 0.3) is 0 Å². The summed E-state index contributed by atoms with van der Waals surface area (Å²) in [7, 11) is 1.26. The average Bonchev–Trinajstić information content (AvgIpc) is 3.02. The van der Waals surface area contributed by atoms with Crippen molar-refractivity contribution in [3.05, 3.63) is 34.5 Å². The van der Waals surface area contributed by atoms with Crippen molar-refractivity contribution in [2.75, 3.05) is 13.7 Å². The van der Waals surface area contributed by atoms with E-state index in [1.807, 2.05) is 0 Å². The molecule has 2 aliphatic heterocycles. The molecule has 10 atom stereocenters. The lowest BCUT2D eigenvalue weighted by atomic mass is 9.97. The Balaban J connectivity index is 1.55. The Morgan fingerprint density at radius 3 is 2.18 bits per heavy atom. The third-order valence-electron chi connectivity index (χ3n) is 7.67. The average molecular weight is 641 g/mol. The summed E-state index contributed by atoms with van der Waals surface area (Å²) in [5.41, 5.74) is -1.78. The van der Waals surface area contributed by atoms with Crippen molar-refractivity contribution >= 4 is 11.0 Å². The zero-order valence-corrected chi connectivity index (χ0v) is 23.6. The van der Waals surface area contributed by atoms with E-state index in [-0.39, 0.29) is 17.1 Å². The van der Waals surface area contributed by atoms with Gasteiger partial charge in [-0.1, -0.05) is 0 Å². The molecule has 10 N–H and O–H groups in total. The van der Waals surface area contributed by atoms with Gasteiger partial charge in [0.05, 0.1) is 19.8 Å². The van der Waals surface area contributed by atoms with Gasteiger partial charge < -0.3 is 79.2 Å². The van der Waals surface area contributed by atoms with Crippen LogP contribution < -0.4 is 14.9 Å². The van der Waals surface area contributed by atoms with E-state index in [4.69, 9.17) is 28.1 Å². The van der Waals surface area contributed by atoms with Gasteiger partial charge in [-0.05, 0) is 25.1 Å². The highest BCUT2D eigenvalue weighted by molar-refractivity contribution is 5.93. The number of hydrogen-bond donors (Lipinski definition) is 10. The minimum absolute atomic E-state index is 0.0333. The van der Waals surface area contributed by atoms with Crippen LogP contribution in [0.3, 0.4) is 0 Å². The summed E-state index contributed by atoms with van der Waals surface area (Å²) < 4.78 is 32.9. The number of methoxy groups -OCH3 is 1. The van der Waals surface area contributed by atoms with Gasteiger partial charge in [0.1, 0.15) is 47.8 Å². The van der Waals surface area contributed by atoms with Crippen LogP contribution in [0.2, 0.25) is 0 Å². The maximum absolute atomic E-state index is 13.0. The molecule has 0 bridgehead atoms. The smallest absolute Gasteiger partial charge is 0.238 e. The predicted octanol–water partition coefficient (Wildman–Crippen LogP) is -1.68. The van der Waals surface area contributed by atoms with E-state index in [1.54, 1.807) is 0 Å². The number of fused-ring (bicyclic) bond motifs is 1. The Morgan fingerprint density at radius 1 is 0.800 bits per heavy atom. The molecule has 45 heavy (non-hydrogen) atoms. The molecule has 2 fully saturated rings. The summed E-state index contributed by atoms with van der Waals surface area (Å²) in [6.07, 6.45) is -16.5. The van der Waals surface area contributed by atoms with Crippen molar-refractivity contribution in [3.8, 4) is 45.8 Å². The third-order valence-corrected chi connectivity index (χ3v) is 7.67. The second kappa shape index (κ2) is 12.5. The molecule has 5 rings (SSSR count). The topological polar surface area (TPSA) is 279 Å². The number of aliphatic hydroxyl groups excluding tert-OH is 6. The molecule has 2 aliphatic rings. The number of benzene rings is 2. The highest BCUT2D eigenvalue weighted by Gasteiger charge is 2.51. The van der Waals surface area contributed by atoms with Gasteiger partial charge in [-0.2, -0.15) is 0 Å². The van der Waals surface area contributed by atoms with E-state index in [0.29, 0.717) is 0 Å². The summed E-state index contributed by atoms with van der Waals surface area (Å²) in [6, 6.07) is 4.46. The van der Waals surface area contributed by atoms with E-state index in [9.17, 15) is 55.9 Å². The number of phenolic OH excluding ortho intramolecular Hbond substituents is 3. The molecule has 3 heterocycles. The molecule has 0 radical (unpaired) electrons. The Bertz CT molecular complexity index is 1610. The first-order valence-electron chi connectivity index (χ1n) is 13.5. The van der Waals surface area contributed by atoms with Gasteiger partial charge in [-0.3, -0.25) is 4.79 Å². The maximum atomic E-state index is 13.0. The van der Waals surface area contributed by atoms with Gasteiger partial charge >= 0.3 is 0 Å². The van der Waals surface area contributed by atoms with E-state index >= 15 is 0 Å². The number of rotatable bonds is 7. The van der Waals surface area contributed by atoms with E-state index in [2.05, 4.69) is 0 Å². The second-order valence-electron chi connectivity index (χ2n) is 10.5. The lowest BCUT2D eigenvalue weighted by Gasteiger charge is -2.45. The molecule has 2 aromatic carbocycles. The number of aromatic hydroxyl groups is 4. The van der Waals surface area contributed by atoms with E-state index < -0.39 is 113 Å². The van der Waals surface area contributed by atoms with Crippen LogP contribution in [0.1, 0.15) is 6.92 Å². The zero-order valence-electron chi connectivity index (χ0n) is 23.6. The first-order chi connectivity index (χ1) is 21.3. The lowest BCUT2D eigenvalue weighted by Crippen LogP contribution is -2.64. The molecule has 17 nitrogen and oxygen atoms in total. The van der Waals surface area contributed by atoms with Crippen LogP contribution in [-0.4, -0.2) is 126 Å². The first kappa shape index (κ1) is 32.5. The van der Waals surface area contributed by atoms with Crippen LogP contribution in [0.5, 0.6) is 34.5 Å². The summed E-state index contributed by atoms with van der Waals surface area (Å²) in [4.78, 5) is 13.0. The largest absolute Gasteiger partial charge is 0.507 e. The highest BCUT2D eigenvalue weighted by atomic mass is 16.8. The zero-order chi connectivity index (χ0) is 32.9. The molecular weight excluding hydrogens is 608 g/mol. The molecule has 3 aromatic rings. The van der Waals surface area contributed by atoms with Gasteiger partial charge in [0.15, 0.2) is 41.0 Å². The van der Waals surface area contributed by atoms with Crippen molar-refractivity contribution in [1.29, 1.82) is 0 Å². The molecule has 2 saturated heterocycles. The fraction of sp³-hybridized carbons (Fsp3) is 0.464. The monoisotopic (exact) mass is 640 g/mol. The van der Waals surface area contributed by atoms with Crippen LogP contribution in [0.15, 0.2) is 33.5 Å². The van der Waals surface area contributed by atoms with Gasteiger partial charge in [0, 0.05) is 11.6 Å². The third kappa shape index (κ3) is 5.69. The van der Waals surface area contributed by atoms with Crippen LogP contribution in [-0.2, 0) is 14.2 Å². The van der Waals surface area contributed by atoms with Crippen LogP contribution in [0.4, 0.5) is 0 Å². The van der Waals surface area contributed by atoms with Crippen LogP contribution >= 0.6 is 0 Å². The van der Waals surface area contributed by atoms with Crippen molar-refractivity contribution in [2.24, 2.45) is 0 Å². The lowest BCUT2D eigenvalue weighted by molar-refractivity contribution is -0.354. The summed E-state index contributed by atoms with van der Waals surface area (Å²) in [5, 5.41) is 103. The Kier molecular flexibility index (Phi) is 9.00. The van der Waals surface area contributed by atoms with Crippen molar-refractivity contribution in [1.82, 2.24) is 0 Å². The molecule has 0 amide bonds. The number of aliphatic hydroxyl groups is 6. The van der Waals surface area contributed by atoms with Crippen molar-refractivity contribution in [3.63, 3.8) is 0 Å². The highest BCUT2D eigenvalue weighted by Crippen LogP contribution is 2.44. The molecule has 0 spiro atoms. The molecule has 246 valence electrons. The Hall–Kier alpha value is -3.91. The standard InChI is InChI=1S/C28H32O17/c1-8-16(32)20(36)23(39)27(41-8)45-26-21(37)17(33)14(7-29)43-28(26)42-13-6-11(31)15-19(35)22(38)24(44-25(15)18(13)34)9-3-4-10(30)12(5-9)40-2/h3-6,8,14,16-17,20-21,23,26-34,36-39H,7H2,1-2H3/t8-,14+,16+,17+,20-,21-,23+,26+,27-,28-/m1/s1. The second-order valence-corrected chi connectivity index (χ2v) is 10.5. The molecule has 0 unspecified atom stereocenters. The molecule has 0 aliphatic carbocycles. The normalized spacial score (nSPS) is 32.0. The van der Waals surface area contributed by atoms with Gasteiger partial charge in [0.2, 0.25) is 23.2 Å². The van der Waals surface area contributed by atoms with Gasteiger partial charge in [-0.15, -0.1) is 0 Å². The molecule has 1 aromatic heterocycles. The van der Waals surface area contributed by atoms with Crippen LogP contribution in [0, 0.1) is 0 Å². The number of hydrogen-bond acceptors (Lipinski definition) is 17. The minimum Gasteiger partial charge on any atom is -0.507 e. The predicted molar refractivity (Wildman–Crippen MR) is 147 cm³/mol. The minimum atomic E-state index is -1.89. The summed E-state index contributed by atoms with van der Waals surface area (Å²) >= 11 is 0. The fourth-order valence-electron chi connectivity index (χ4n) is 5.11. The number of phenols is 3. The van der Waals surface area contributed by atoms with Crippen LogP contribution in [0.25, 0.3) is 22.3 Å².